The van der Waals surface area contributed by atoms with E-state index in [0.29, 0.717) is 13.0 Å². The fourth-order valence-corrected chi connectivity index (χ4v) is 2.15. The molecule has 2 rings (SSSR count). The zero-order chi connectivity index (χ0) is 12.8. The van der Waals surface area contributed by atoms with Crippen molar-refractivity contribution in [2.45, 2.75) is 25.7 Å². The topological polar surface area (TPSA) is 50.4 Å². The highest BCUT2D eigenvalue weighted by molar-refractivity contribution is 5.91. The van der Waals surface area contributed by atoms with E-state index >= 15 is 0 Å². The van der Waals surface area contributed by atoms with Gasteiger partial charge in [0.1, 0.15) is 0 Å². The summed E-state index contributed by atoms with van der Waals surface area (Å²) in [6, 6.07) is 6.06. The summed E-state index contributed by atoms with van der Waals surface area (Å²) in [6.07, 6.45) is 3.49. The highest BCUT2D eigenvalue weighted by atomic mass is 16.5. The summed E-state index contributed by atoms with van der Waals surface area (Å²) in [7, 11) is 1.65. The molecular weight excluding hydrogens is 228 g/mol. The van der Waals surface area contributed by atoms with Crippen LogP contribution in [0.3, 0.4) is 0 Å². The third kappa shape index (κ3) is 3.47. The number of rotatable bonds is 5. The molecule has 0 aliphatic carbocycles. The van der Waals surface area contributed by atoms with Crippen molar-refractivity contribution >= 4 is 17.3 Å². The van der Waals surface area contributed by atoms with Crippen molar-refractivity contribution in [3.63, 3.8) is 0 Å². The van der Waals surface area contributed by atoms with Gasteiger partial charge in [-0.2, -0.15) is 0 Å². The minimum Gasteiger partial charge on any atom is -0.385 e. The van der Waals surface area contributed by atoms with Crippen LogP contribution in [0.15, 0.2) is 18.2 Å². The third-order valence-corrected chi connectivity index (χ3v) is 3.08. The Balaban J connectivity index is 1.91. The summed E-state index contributed by atoms with van der Waals surface area (Å²) in [5.74, 6) is 0.0516. The second-order valence-corrected chi connectivity index (χ2v) is 4.55. The quantitative estimate of drug-likeness (QED) is 0.787. The van der Waals surface area contributed by atoms with E-state index in [0.717, 1.165) is 31.5 Å². The number of carbonyl (C=O) groups is 1. The lowest BCUT2D eigenvalue weighted by Crippen LogP contribution is -2.14. The van der Waals surface area contributed by atoms with Crippen LogP contribution in [0.4, 0.5) is 11.4 Å². The van der Waals surface area contributed by atoms with Crippen LogP contribution in [0, 0.1) is 0 Å². The zero-order valence-electron chi connectivity index (χ0n) is 10.8. The summed E-state index contributed by atoms with van der Waals surface area (Å²) in [5.41, 5.74) is 3.37. The first-order valence-electron chi connectivity index (χ1n) is 6.45. The molecule has 18 heavy (non-hydrogen) atoms. The van der Waals surface area contributed by atoms with E-state index in [4.69, 9.17) is 4.74 Å². The number of fused-ring (bicyclic) bond motifs is 1. The number of nitrogens with one attached hydrogen (secondary N) is 2. The first kappa shape index (κ1) is 12.9. The molecule has 98 valence electrons. The molecule has 4 heteroatoms. The molecule has 1 aromatic rings. The van der Waals surface area contributed by atoms with Crippen molar-refractivity contribution in [3.8, 4) is 0 Å². The van der Waals surface area contributed by atoms with E-state index in [1.807, 2.05) is 12.1 Å². The summed E-state index contributed by atoms with van der Waals surface area (Å²) in [5, 5.41) is 6.28. The Labute approximate surface area is 108 Å². The van der Waals surface area contributed by atoms with Crippen LogP contribution in [0.25, 0.3) is 0 Å². The predicted octanol–water partition coefficient (Wildman–Crippen LogP) is 2.41. The van der Waals surface area contributed by atoms with E-state index < -0.39 is 0 Å². The Morgan fingerprint density at radius 2 is 2.39 bits per heavy atom. The van der Waals surface area contributed by atoms with Crippen LogP contribution >= 0.6 is 0 Å². The minimum absolute atomic E-state index is 0.0516. The molecule has 0 radical (unpaired) electrons. The smallest absolute Gasteiger partial charge is 0.224 e. The number of methoxy groups -OCH3 is 1. The minimum atomic E-state index is 0.0516. The molecule has 0 unspecified atom stereocenters. The lowest BCUT2D eigenvalue weighted by Gasteiger charge is -2.18. The van der Waals surface area contributed by atoms with E-state index in [1.54, 1.807) is 7.11 Å². The van der Waals surface area contributed by atoms with Crippen molar-refractivity contribution < 1.29 is 9.53 Å². The van der Waals surface area contributed by atoms with Gasteiger partial charge in [0.2, 0.25) is 5.91 Å². The SMILES string of the molecule is COCCCC(=O)Nc1ccc2c(c1)CCCN2. The molecule has 4 nitrogen and oxygen atoms in total. The predicted molar refractivity (Wildman–Crippen MR) is 73.0 cm³/mol. The normalized spacial score (nSPS) is 13.6. The summed E-state index contributed by atoms with van der Waals surface area (Å²) in [6.45, 7) is 1.66. The van der Waals surface area contributed by atoms with Crippen molar-refractivity contribution in [2.24, 2.45) is 0 Å². The van der Waals surface area contributed by atoms with Gasteiger partial charge >= 0.3 is 0 Å². The Morgan fingerprint density at radius 1 is 1.50 bits per heavy atom. The molecule has 1 heterocycles. The van der Waals surface area contributed by atoms with Crippen LogP contribution in [0.2, 0.25) is 0 Å². The van der Waals surface area contributed by atoms with Crippen molar-refractivity contribution in [2.75, 3.05) is 30.9 Å². The van der Waals surface area contributed by atoms with Crippen LogP contribution in [-0.4, -0.2) is 26.2 Å². The number of hydrogen-bond acceptors (Lipinski definition) is 3. The van der Waals surface area contributed by atoms with Gasteiger partial charge in [0.15, 0.2) is 0 Å². The lowest BCUT2D eigenvalue weighted by molar-refractivity contribution is -0.116. The fourth-order valence-electron chi connectivity index (χ4n) is 2.15. The van der Waals surface area contributed by atoms with E-state index in [2.05, 4.69) is 16.7 Å². The highest BCUT2D eigenvalue weighted by Gasteiger charge is 2.09. The zero-order valence-corrected chi connectivity index (χ0v) is 10.8. The molecule has 0 saturated carbocycles. The molecule has 0 aromatic heterocycles. The molecule has 0 bridgehead atoms. The second kappa shape index (κ2) is 6.40. The van der Waals surface area contributed by atoms with Gasteiger partial charge in [-0.1, -0.05) is 0 Å². The van der Waals surface area contributed by atoms with Gasteiger partial charge in [0, 0.05) is 38.1 Å². The molecule has 1 aliphatic rings. The van der Waals surface area contributed by atoms with Crippen LogP contribution in [0.5, 0.6) is 0 Å². The third-order valence-electron chi connectivity index (χ3n) is 3.08. The molecule has 0 saturated heterocycles. The van der Waals surface area contributed by atoms with Gasteiger partial charge in [-0.15, -0.1) is 0 Å². The first-order valence-corrected chi connectivity index (χ1v) is 6.45. The van der Waals surface area contributed by atoms with Gasteiger partial charge in [0.25, 0.3) is 0 Å². The van der Waals surface area contributed by atoms with Crippen LogP contribution in [-0.2, 0) is 16.0 Å². The number of hydrogen-bond donors (Lipinski definition) is 2. The Hall–Kier alpha value is -1.55. The van der Waals surface area contributed by atoms with Crippen LogP contribution < -0.4 is 10.6 Å². The monoisotopic (exact) mass is 248 g/mol. The Morgan fingerprint density at radius 3 is 3.22 bits per heavy atom. The number of amides is 1. The van der Waals surface area contributed by atoms with Gasteiger partial charge in [-0.3, -0.25) is 4.79 Å². The number of benzene rings is 1. The number of ether oxygens (including phenoxy) is 1. The lowest BCUT2D eigenvalue weighted by atomic mass is 10.0. The molecule has 1 amide bonds. The Kier molecular flexibility index (Phi) is 4.59. The molecule has 0 fully saturated rings. The maximum Gasteiger partial charge on any atom is 0.224 e. The second-order valence-electron chi connectivity index (χ2n) is 4.55. The first-order chi connectivity index (χ1) is 8.79. The standard InChI is InChI=1S/C14H20N2O2/c1-18-9-3-5-14(17)16-12-6-7-13-11(10-12)4-2-8-15-13/h6-7,10,15H,2-5,8-9H2,1H3,(H,16,17). The van der Waals surface area contributed by atoms with E-state index in [9.17, 15) is 4.79 Å². The van der Waals surface area contributed by atoms with Crippen molar-refractivity contribution in [1.29, 1.82) is 0 Å². The average molecular weight is 248 g/mol. The molecule has 0 spiro atoms. The highest BCUT2D eigenvalue weighted by Crippen LogP contribution is 2.25. The van der Waals surface area contributed by atoms with E-state index in [1.165, 1.54) is 11.3 Å². The molecule has 2 N–H and O–H groups in total. The number of anilines is 2. The van der Waals surface area contributed by atoms with Gasteiger partial charge < -0.3 is 15.4 Å². The maximum absolute atomic E-state index is 11.7. The summed E-state index contributed by atoms with van der Waals surface area (Å²) < 4.78 is 4.93. The molecular formula is C14H20N2O2. The van der Waals surface area contributed by atoms with E-state index in [-0.39, 0.29) is 5.91 Å². The summed E-state index contributed by atoms with van der Waals surface area (Å²) in [4.78, 5) is 11.7. The number of aryl methyl sites for hydroxylation is 1. The van der Waals surface area contributed by atoms with Gasteiger partial charge in [-0.25, -0.2) is 0 Å². The maximum atomic E-state index is 11.7. The fraction of sp³-hybridized carbons (Fsp3) is 0.500. The molecule has 1 aromatic carbocycles. The summed E-state index contributed by atoms with van der Waals surface area (Å²) >= 11 is 0. The van der Waals surface area contributed by atoms with Crippen molar-refractivity contribution in [3.05, 3.63) is 23.8 Å². The molecule has 0 atom stereocenters. The number of carbonyl (C=O) groups excluding carboxylic acids is 1. The largest absolute Gasteiger partial charge is 0.385 e. The molecule has 1 aliphatic heterocycles. The van der Waals surface area contributed by atoms with Crippen LogP contribution in [0.1, 0.15) is 24.8 Å². The van der Waals surface area contributed by atoms with Crippen molar-refractivity contribution in [1.82, 2.24) is 0 Å². The van der Waals surface area contributed by atoms with Gasteiger partial charge in [-0.05, 0) is 43.0 Å². The average Bonchev–Trinajstić information content (AvgIpc) is 2.39. The van der Waals surface area contributed by atoms with Gasteiger partial charge in [0.05, 0.1) is 0 Å². The Bertz CT molecular complexity index is 418.